The summed E-state index contributed by atoms with van der Waals surface area (Å²) in [6.07, 6.45) is 2.63. The van der Waals surface area contributed by atoms with Crippen molar-refractivity contribution in [3.8, 4) is 0 Å². The van der Waals surface area contributed by atoms with Crippen LogP contribution >= 0.6 is 11.6 Å². The Morgan fingerprint density at radius 1 is 1.67 bits per heavy atom. The molecule has 0 aromatic rings. The van der Waals surface area contributed by atoms with E-state index in [1.165, 1.54) is 19.4 Å². The summed E-state index contributed by atoms with van der Waals surface area (Å²) in [5, 5.41) is 7.35. The Hall–Kier alpha value is -0.0500. The fourth-order valence-electron chi connectivity index (χ4n) is 1.51. The molecule has 12 heavy (non-hydrogen) atoms. The Morgan fingerprint density at radius 2 is 2.50 bits per heavy atom. The summed E-state index contributed by atoms with van der Waals surface area (Å²) in [6.45, 7) is 7.73. The molecule has 0 saturated carbocycles. The minimum atomic E-state index is 0.693. The number of rotatable bonds is 4. The molecule has 0 aliphatic carbocycles. The van der Waals surface area contributed by atoms with E-state index in [-0.39, 0.29) is 0 Å². The lowest BCUT2D eigenvalue weighted by molar-refractivity contribution is 0.365. The molecule has 1 aliphatic rings. The number of piperidine rings is 1. The van der Waals surface area contributed by atoms with E-state index in [2.05, 4.69) is 17.2 Å². The van der Waals surface area contributed by atoms with Crippen LogP contribution in [0.2, 0.25) is 0 Å². The van der Waals surface area contributed by atoms with Gasteiger partial charge in [-0.1, -0.05) is 18.2 Å². The molecule has 2 nitrogen and oxygen atoms in total. The van der Waals surface area contributed by atoms with Crippen LogP contribution in [-0.4, -0.2) is 26.2 Å². The zero-order chi connectivity index (χ0) is 8.81. The Morgan fingerprint density at radius 3 is 3.08 bits per heavy atom. The van der Waals surface area contributed by atoms with Gasteiger partial charge in [-0.25, -0.2) is 0 Å². The van der Waals surface area contributed by atoms with Gasteiger partial charge in [0.2, 0.25) is 0 Å². The van der Waals surface area contributed by atoms with E-state index < -0.39 is 0 Å². The van der Waals surface area contributed by atoms with Gasteiger partial charge in [0.1, 0.15) is 0 Å². The van der Waals surface area contributed by atoms with Gasteiger partial charge in [0, 0.05) is 11.6 Å². The monoisotopic (exact) mass is 188 g/mol. The number of halogens is 1. The topological polar surface area (TPSA) is 24.1 Å². The van der Waals surface area contributed by atoms with Crippen LogP contribution < -0.4 is 10.6 Å². The highest BCUT2D eigenvalue weighted by molar-refractivity contribution is 6.29. The van der Waals surface area contributed by atoms with Gasteiger partial charge < -0.3 is 10.6 Å². The molecular weight excluding hydrogens is 172 g/mol. The van der Waals surface area contributed by atoms with E-state index in [0.29, 0.717) is 5.03 Å². The molecule has 0 radical (unpaired) electrons. The summed E-state index contributed by atoms with van der Waals surface area (Å²) in [4.78, 5) is 0. The summed E-state index contributed by atoms with van der Waals surface area (Å²) in [6, 6.07) is 0. The van der Waals surface area contributed by atoms with Crippen LogP contribution in [0.5, 0.6) is 0 Å². The first kappa shape index (κ1) is 10.0. The maximum absolute atomic E-state index is 5.62. The third kappa shape index (κ3) is 4.10. The van der Waals surface area contributed by atoms with Crippen molar-refractivity contribution in [1.82, 2.24) is 10.6 Å². The van der Waals surface area contributed by atoms with Crippen molar-refractivity contribution >= 4 is 11.6 Å². The van der Waals surface area contributed by atoms with Crippen LogP contribution in [0.15, 0.2) is 11.6 Å². The van der Waals surface area contributed by atoms with Gasteiger partial charge in [0.15, 0.2) is 0 Å². The molecule has 0 bridgehead atoms. The zero-order valence-electron chi connectivity index (χ0n) is 7.41. The Balaban J connectivity index is 2.01. The minimum Gasteiger partial charge on any atom is -0.316 e. The fraction of sp³-hybridized carbons (Fsp3) is 0.778. The van der Waals surface area contributed by atoms with Gasteiger partial charge in [-0.3, -0.25) is 0 Å². The first-order chi connectivity index (χ1) is 5.79. The highest BCUT2D eigenvalue weighted by Crippen LogP contribution is 2.08. The Kier molecular flexibility index (Phi) is 4.66. The van der Waals surface area contributed by atoms with Crippen LogP contribution in [-0.2, 0) is 0 Å². The molecular formula is C9H17ClN2. The summed E-state index contributed by atoms with van der Waals surface area (Å²) in [7, 11) is 0. The van der Waals surface area contributed by atoms with Crippen LogP contribution in [0.4, 0.5) is 0 Å². The third-order valence-corrected chi connectivity index (χ3v) is 2.28. The lowest BCUT2D eigenvalue weighted by Gasteiger charge is -2.22. The van der Waals surface area contributed by atoms with Crippen molar-refractivity contribution in [3.63, 3.8) is 0 Å². The maximum atomic E-state index is 5.62. The first-order valence-corrected chi connectivity index (χ1v) is 4.91. The molecule has 0 aromatic heterocycles. The van der Waals surface area contributed by atoms with Crippen LogP contribution in [0, 0.1) is 5.92 Å². The predicted octanol–water partition coefficient (Wildman–Crippen LogP) is 1.33. The normalized spacial score (nSPS) is 23.9. The number of hydrogen-bond donors (Lipinski definition) is 2. The van der Waals surface area contributed by atoms with Gasteiger partial charge in [0.25, 0.3) is 0 Å². The number of nitrogens with one attached hydrogen (secondary N) is 2. The van der Waals surface area contributed by atoms with Crippen molar-refractivity contribution in [2.24, 2.45) is 5.92 Å². The predicted molar refractivity (Wildman–Crippen MR) is 53.5 cm³/mol. The molecule has 1 atom stereocenters. The average molecular weight is 189 g/mol. The third-order valence-electron chi connectivity index (χ3n) is 2.15. The lowest BCUT2D eigenvalue weighted by Crippen LogP contribution is -2.36. The lowest BCUT2D eigenvalue weighted by atomic mass is 10.00. The molecule has 1 aliphatic heterocycles. The van der Waals surface area contributed by atoms with Crippen molar-refractivity contribution in [1.29, 1.82) is 0 Å². The molecule has 1 rings (SSSR count). The van der Waals surface area contributed by atoms with E-state index in [4.69, 9.17) is 11.6 Å². The van der Waals surface area contributed by atoms with E-state index in [1.807, 2.05) is 0 Å². The second kappa shape index (κ2) is 5.57. The minimum absolute atomic E-state index is 0.693. The summed E-state index contributed by atoms with van der Waals surface area (Å²) in [5.74, 6) is 0.773. The fourth-order valence-corrected chi connectivity index (χ4v) is 1.60. The second-order valence-corrected chi connectivity index (χ2v) is 3.90. The highest BCUT2D eigenvalue weighted by atomic mass is 35.5. The van der Waals surface area contributed by atoms with E-state index in [9.17, 15) is 0 Å². The molecule has 1 heterocycles. The van der Waals surface area contributed by atoms with Crippen LogP contribution in [0.25, 0.3) is 0 Å². The Labute approximate surface area is 79.4 Å². The van der Waals surface area contributed by atoms with Gasteiger partial charge in [-0.15, -0.1) is 0 Å². The summed E-state index contributed by atoms with van der Waals surface area (Å²) in [5.41, 5.74) is 0. The van der Waals surface area contributed by atoms with Crippen molar-refractivity contribution in [2.75, 3.05) is 26.2 Å². The van der Waals surface area contributed by atoms with Gasteiger partial charge >= 0.3 is 0 Å². The van der Waals surface area contributed by atoms with E-state index in [1.54, 1.807) is 0 Å². The van der Waals surface area contributed by atoms with Crippen molar-refractivity contribution in [3.05, 3.63) is 11.6 Å². The van der Waals surface area contributed by atoms with E-state index in [0.717, 1.165) is 25.6 Å². The molecule has 70 valence electrons. The SMILES string of the molecule is C=C(Cl)CNCC1CCCNC1. The average Bonchev–Trinajstić information content (AvgIpc) is 2.05. The quantitative estimate of drug-likeness (QED) is 0.696. The second-order valence-electron chi connectivity index (χ2n) is 3.36. The molecule has 1 fully saturated rings. The molecule has 1 saturated heterocycles. The first-order valence-electron chi connectivity index (χ1n) is 4.54. The summed E-state index contributed by atoms with van der Waals surface area (Å²) >= 11 is 5.62. The molecule has 3 heteroatoms. The highest BCUT2D eigenvalue weighted by Gasteiger charge is 2.11. The number of hydrogen-bond acceptors (Lipinski definition) is 2. The van der Waals surface area contributed by atoms with Crippen LogP contribution in [0.3, 0.4) is 0 Å². The van der Waals surface area contributed by atoms with Gasteiger partial charge in [-0.05, 0) is 38.4 Å². The molecule has 2 N–H and O–H groups in total. The Bertz CT molecular complexity index is 141. The molecule has 0 spiro atoms. The smallest absolute Gasteiger partial charge is 0.0307 e. The standard InChI is InChI=1S/C9H17ClN2/c1-8(10)5-12-7-9-3-2-4-11-6-9/h9,11-12H,1-7H2. The van der Waals surface area contributed by atoms with Crippen LogP contribution in [0.1, 0.15) is 12.8 Å². The van der Waals surface area contributed by atoms with Gasteiger partial charge in [0.05, 0.1) is 0 Å². The van der Waals surface area contributed by atoms with Crippen molar-refractivity contribution in [2.45, 2.75) is 12.8 Å². The zero-order valence-corrected chi connectivity index (χ0v) is 8.16. The van der Waals surface area contributed by atoms with Gasteiger partial charge in [-0.2, -0.15) is 0 Å². The molecule has 0 amide bonds. The molecule has 1 unspecified atom stereocenters. The largest absolute Gasteiger partial charge is 0.316 e. The van der Waals surface area contributed by atoms with E-state index >= 15 is 0 Å². The van der Waals surface area contributed by atoms with Crippen molar-refractivity contribution < 1.29 is 0 Å². The molecule has 0 aromatic carbocycles. The maximum Gasteiger partial charge on any atom is 0.0307 e. The summed E-state index contributed by atoms with van der Waals surface area (Å²) < 4.78 is 0.